The number of halogens is 6. The van der Waals surface area contributed by atoms with Crippen LogP contribution in [0.15, 0.2) is 36.4 Å². The highest BCUT2D eigenvalue weighted by molar-refractivity contribution is 5.73. The van der Waals surface area contributed by atoms with E-state index in [1.165, 1.54) is 18.2 Å². The summed E-state index contributed by atoms with van der Waals surface area (Å²) in [7, 11) is 0. The highest BCUT2D eigenvalue weighted by atomic mass is 19.4. The van der Waals surface area contributed by atoms with E-state index in [0.29, 0.717) is 24.0 Å². The fraction of sp³-hybridized carbons (Fsp3) is 0.429. The molecule has 2 aromatic rings. The van der Waals surface area contributed by atoms with Crippen LogP contribution in [0.1, 0.15) is 61.8 Å². The first kappa shape index (κ1) is 21.3. The van der Waals surface area contributed by atoms with Gasteiger partial charge in [-0.25, -0.2) is 0 Å². The fourth-order valence-electron chi connectivity index (χ4n) is 3.12. The Morgan fingerprint density at radius 1 is 0.815 bits per heavy atom. The second-order valence-corrected chi connectivity index (χ2v) is 6.74. The Morgan fingerprint density at radius 2 is 1.48 bits per heavy atom. The van der Waals surface area contributed by atoms with Crippen molar-refractivity contribution in [1.82, 2.24) is 0 Å². The summed E-state index contributed by atoms with van der Waals surface area (Å²) in [5.74, 6) is -0.168. The van der Waals surface area contributed by atoms with Crippen molar-refractivity contribution < 1.29 is 26.3 Å². The smallest absolute Gasteiger partial charge is 0.166 e. The monoisotopic (exact) mass is 388 g/mol. The minimum absolute atomic E-state index is 0.00412. The maximum Gasteiger partial charge on any atom is 0.417 e. The van der Waals surface area contributed by atoms with Crippen LogP contribution in [-0.2, 0) is 18.8 Å². The minimum atomic E-state index is -4.65. The molecule has 0 aliphatic carbocycles. The molecule has 0 N–H and O–H groups in total. The first-order valence-corrected chi connectivity index (χ1v) is 8.90. The van der Waals surface area contributed by atoms with Crippen LogP contribution in [0.5, 0.6) is 0 Å². The molecule has 0 fully saturated rings. The molecule has 0 saturated heterocycles. The van der Waals surface area contributed by atoms with Crippen molar-refractivity contribution in [1.29, 1.82) is 0 Å². The largest absolute Gasteiger partial charge is 0.417 e. The number of aryl methyl sites for hydroxylation is 1. The molecule has 6 heteroatoms. The van der Waals surface area contributed by atoms with Gasteiger partial charge in [0, 0.05) is 0 Å². The summed E-state index contributed by atoms with van der Waals surface area (Å²) in [6, 6.07) is 6.84. The van der Waals surface area contributed by atoms with Gasteiger partial charge >= 0.3 is 12.4 Å². The summed E-state index contributed by atoms with van der Waals surface area (Å²) < 4.78 is 80.4. The van der Waals surface area contributed by atoms with Crippen LogP contribution in [0.3, 0.4) is 0 Å². The third-order valence-electron chi connectivity index (χ3n) is 4.74. The average Bonchev–Trinajstić information content (AvgIpc) is 2.59. The first-order valence-electron chi connectivity index (χ1n) is 8.90. The van der Waals surface area contributed by atoms with Crippen molar-refractivity contribution in [3.05, 3.63) is 58.7 Å². The lowest BCUT2D eigenvalue weighted by Crippen LogP contribution is -2.11. The van der Waals surface area contributed by atoms with E-state index < -0.39 is 23.5 Å². The molecule has 0 aliphatic heterocycles. The molecule has 0 radical (unpaired) electrons. The van der Waals surface area contributed by atoms with Gasteiger partial charge in [0.15, 0.2) is 0 Å². The molecule has 0 nitrogen and oxygen atoms in total. The molecular formula is C21H22F6. The molecule has 0 bridgehead atoms. The predicted octanol–water partition coefficient (Wildman–Crippen LogP) is 7.86. The Labute approximate surface area is 155 Å². The maximum atomic E-state index is 13.6. The Kier molecular flexibility index (Phi) is 6.28. The third-order valence-corrected chi connectivity index (χ3v) is 4.74. The van der Waals surface area contributed by atoms with Gasteiger partial charge in [0.1, 0.15) is 0 Å². The van der Waals surface area contributed by atoms with Gasteiger partial charge in [-0.05, 0) is 59.2 Å². The molecule has 0 saturated carbocycles. The van der Waals surface area contributed by atoms with Crippen molar-refractivity contribution in [2.75, 3.05) is 0 Å². The van der Waals surface area contributed by atoms with E-state index in [-0.39, 0.29) is 17.0 Å². The van der Waals surface area contributed by atoms with Crippen molar-refractivity contribution in [2.24, 2.45) is 0 Å². The van der Waals surface area contributed by atoms with E-state index in [9.17, 15) is 26.3 Å². The third kappa shape index (κ3) is 4.85. The first-order chi connectivity index (χ1) is 12.5. The van der Waals surface area contributed by atoms with Gasteiger partial charge in [0.05, 0.1) is 11.1 Å². The van der Waals surface area contributed by atoms with Crippen molar-refractivity contribution in [3.63, 3.8) is 0 Å². The van der Waals surface area contributed by atoms with Crippen LogP contribution < -0.4 is 0 Å². The van der Waals surface area contributed by atoms with Crippen molar-refractivity contribution in [2.45, 2.75) is 58.3 Å². The fourth-order valence-corrected chi connectivity index (χ4v) is 3.12. The van der Waals surface area contributed by atoms with E-state index in [0.717, 1.165) is 24.6 Å². The summed E-state index contributed by atoms with van der Waals surface area (Å²) in [4.78, 5) is 0. The van der Waals surface area contributed by atoms with Gasteiger partial charge in [-0.1, -0.05) is 45.4 Å². The second kappa shape index (κ2) is 7.95. The van der Waals surface area contributed by atoms with E-state index in [2.05, 4.69) is 0 Å². The average molecular weight is 388 g/mol. The van der Waals surface area contributed by atoms with E-state index >= 15 is 0 Å². The van der Waals surface area contributed by atoms with Crippen molar-refractivity contribution >= 4 is 0 Å². The summed E-state index contributed by atoms with van der Waals surface area (Å²) >= 11 is 0. The molecular weight excluding hydrogens is 366 g/mol. The molecule has 2 aromatic carbocycles. The summed E-state index contributed by atoms with van der Waals surface area (Å²) in [6.07, 6.45) is -7.38. The van der Waals surface area contributed by atoms with Gasteiger partial charge in [-0.15, -0.1) is 0 Å². The molecule has 0 heterocycles. The number of benzene rings is 2. The lowest BCUT2D eigenvalue weighted by Gasteiger charge is -2.21. The van der Waals surface area contributed by atoms with Crippen LogP contribution >= 0.6 is 0 Å². The molecule has 1 unspecified atom stereocenters. The van der Waals surface area contributed by atoms with E-state index in [1.807, 2.05) is 13.8 Å². The Balaban J connectivity index is 2.82. The summed E-state index contributed by atoms with van der Waals surface area (Å²) in [6.45, 7) is 5.55. The topological polar surface area (TPSA) is 0 Å². The highest BCUT2D eigenvalue weighted by Crippen LogP contribution is 2.43. The summed E-state index contributed by atoms with van der Waals surface area (Å²) in [5, 5.41) is 0. The Morgan fingerprint density at radius 3 is 2.00 bits per heavy atom. The van der Waals surface area contributed by atoms with Gasteiger partial charge in [-0.2, -0.15) is 26.3 Å². The number of alkyl halides is 6. The number of hydrogen-bond acceptors (Lipinski definition) is 0. The molecule has 0 spiro atoms. The zero-order valence-corrected chi connectivity index (χ0v) is 15.4. The van der Waals surface area contributed by atoms with Crippen LogP contribution in [0.4, 0.5) is 26.3 Å². The molecule has 27 heavy (non-hydrogen) atoms. The van der Waals surface area contributed by atoms with Crippen LogP contribution in [0, 0.1) is 0 Å². The molecule has 0 aromatic heterocycles. The Bertz CT molecular complexity index is 786. The SMILES string of the molecule is CCCc1ccc(C(F)(F)F)c(-c2cc(C(F)(F)F)ccc2C(C)CC)c1. The van der Waals surface area contributed by atoms with Gasteiger partial charge in [0.25, 0.3) is 0 Å². The zero-order chi connectivity index (χ0) is 20.4. The molecule has 0 amide bonds. The standard InChI is InChI=1S/C21H22F6/c1-4-6-14-7-10-19(21(25,26)27)18(11-14)17-12-15(20(22,23)24)8-9-16(17)13(3)5-2/h7-13H,4-6H2,1-3H3. The normalized spacial score (nSPS) is 13.7. The molecule has 2 rings (SSSR count). The summed E-state index contributed by atoms with van der Waals surface area (Å²) in [5.41, 5.74) is -0.873. The molecule has 148 valence electrons. The van der Waals surface area contributed by atoms with E-state index in [4.69, 9.17) is 0 Å². The molecule has 0 aliphatic rings. The number of rotatable bonds is 5. The van der Waals surface area contributed by atoms with Crippen LogP contribution in [-0.4, -0.2) is 0 Å². The van der Waals surface area contributed by atoms with E-state index in [1.54, 1.807) is 6.92 Å². The van der Waals surface area contributed by atoms with Gasteiger partial charge in [0.2, 0.25) is 0 Å². The lowest BCUT2D eigenvalue weighted by atomic mass is 9.86. The zero-order valence-electron chi connectivity index (χ0n) is 15.4. The lowest BCUT2D eigenvalue weighted by molar-refractivity contribution is -0.137. The van der Waals surface area contributed by atoms with Crippen molar-refractivity contribution in [3.8, 4) is 11.1 Å². The Hall–Kier alpha value is -1.98. The van der Waals surface area contributed by atoms with Gasteiger partial charge in [-0.3, -0.25) is 0 Å². The predicted molar refractivity (Wildman–Crippen MR) is 94.6 cm³/mol. The maximum absolute atomic E-state index is 13.6. The quantitative estimate of drug-likeness (QED) is 0.457. The minimum Gasteiger partial charge on any atom is -0.166 e. The van der Waals surface area contributed by atoms with Gasteiger partial charge < -0.3 is 0 Å². The number of hydrogen-bond donors (Lipinski definition) is 0. The van der Waals surface area contributed by atoms with Crippen LogP contribution in [0.2, 0.25) is 0 Å². The second-order valence-electron chi connectivity index (χ2n) is 6.74. The van der Waals surface area contributed by atoms with Crippen LogP contribution in [0.25, 0.3) is 11.1 Å². The molecule has 1 atom stereocenters. The highest BCUT2D eigenvalue weighted by Gasteiger charge is 2.36.